The summed E-state index contributed by atoms with van der Waals surface area (Å²) in [6.45, 7) is 4.06. The Morgan fingerprint density at radius 3 is 2.45 bits per heavy atom. The molecule has 2 atom stereocenters. The van der Waals surface area contributed by atoms with E-state index in [0.717, 1.165) is 67.1 Å². The normalized spacial score (nSPS) is 15.5. The van der Waals surface area contributed by atoms with Crippen LogP contribution < -0.4 is 14.9 Å². The van der Waals surface area contributed by atoms with Crippen LogP contribution in [0.4, 0.5) is 17.1 Å². The van der Waals surface area contributed by atoms with Crippen LogP contribution in [0.5, 0.6) is 0 Å². The number of piperazine rings is 1. The molecule has 1 amide bonds. The van der Waals surface area contributed by atoms with Gasteiger partial charge in [0.15, 0.2) is 0 Å². The number of nitro groups is 1. The number of carbonyl (C=O) groups excluding carboxylic acids is 1. The van der Waals surface area contributed by atoms with E-state index in [-0.39, 0.29) is 48.3 Å². The van der Waals surface area contributed by atoms with Gasteiger partial charge in [0.2, 0.25) is 0 Å². The fourth-order valence-corrected chi connectivity index (χ4v) is 9.64. The van der Waals surface area contributed by atoms with Crippen LogP contribution in [-0.4, -0.2) is 92.1 Å². The number of halogens is 3. The largest absolute Gasteiger partial charge is 0.376 e. The van der Waals surface area contributed by atoms with E-state index < -0.39 is 31.4 Å². The van der Waals surface area contributed by atoms with E-state index >= 15 is 0 Å². The quantitative estimate of drug-likeness (QED) is 0.0594. The minimum absolute atomic E-state index is 0. The van der Waals surface area contributed by atoms with Crippen LogP contribution in [-0.2, 0) is 23.0 Å². The van der Waals surface area contributed by atoms with Crippen molar-refractivity contribution in [1.82, 2.24) is 19.5 Å². The van der Waals surface area contributed by atoms with E-state index in [1.54, 1.807) is 11.8 Å². The van der Waals surface area contributed by atoms with Gasteiger partial charge in [0.05, 0.1) is 21.2 Å². The minimum Gasteiger partial charge on any atom is -0.376 e. The number of nitrogens with one attached hydrogen (secondary N) is 2. The van der Waals surface area contributed by atoms with Crippen LogP contribution in [0.25, 0.3) is 11.1 Å². The smallest absolute Gasteiger partial charge is 0.293 e. The lowest BCUT2D eigenvalue weighted by Crippen LogP contribution is -2.54. The number of sulfonamides is 1. The zero-order valence-corrected chi connectivity index (χ0v) is 37.2. The van der Waals surface area contributed by atoms with E-state index in [1.165, 1.54) is 29.3 Å². The number of amides is 1. The van der Waals surface area contributed by atoms with Crippen molar-refractivity contribution in [2.24, 2.45) is 0 Å². The number of pyridine rings is 1. The zero-order valence-electron chi connectivity index (χ0n) is 33.2. The fraction of sp³-hybridized carbons (Fsp3) is 0.302. The lowest BCUT2D eigenvalue weighted by Gasteiger charge is -2.46. The first-order chi connectivity index (χ1) is 27.9. The predicted octanol–water partition coefficient (Wildman–Crippen LogP) is 8.43. The van der Waals surface area contributed by atoms with Gasteiger partial charge in [-0.3, -0.25) is 19.8 Å². The first kappa shape index (κ1) is 46.7. The summed E-state index contributed by atoms with van der Waals surface area (Å²) < 4.78 is 29.1. The summed E-state index contributed by atoms with van der Waals surface area (Å²) in [4.78, 5) is 37.1. The van der Waals surface area contributed by atoms with Crippen LogP contribution in [0.3, 0.4) is 0 Å². The molecule has 318 valence electrons. The number of hydrogen-bond acceptors (Lipinski definition) is 11. The second-order valence-electron chi connectivity index (χ2n) is 14.9. The second-order valence-corrected chi connectivity index (χ2v) is 18.1. The number of benzene rings is 4. The molecule has 1 saturated heterocycles. The molecule has 17 heteroatoms. The predicted molar refractivity (Wildman–Crippen MR) is 246 cm³/mol. The fourth-order valence-electron chi connectivity index (χ4n) is 7.54. The molecule has 1 unspecified atom stereocenters. The molecule has 0 spiro atoms. The molecule has 1 aromatic heterocycles. The Hall–Kier alpha value is -4.41. The van der Waals surface area contributed by atoms with E-state index in [4.69, 9.17) is 11.6 Å². The van der Waals surface area contributed by atoms with E-state index in [0.29, 0.717) is 23.6 Å². The maximum absolute atomic E-state index is 13.5. The Bertz CT molecular complexity index is 2380. The van der Waals surface area contributed by atoms with Gasteiger partial charge in [0.1, 0.15) is 11.4 Å². The van der Waals surface area contributed by atoms with Crippen LogP contribution in [0.15, 0.2) is 119 Å². The standard InChI is InChI=1S/C43H46ClN7O5S2.2ClH/c1-48(2)23-22-33(29-57-35-9-4-3-5-10-35)45-39-19-17-36(26-42(39)51(53)54)58(55,56)47-43(52)40-20-21-41-38(46-40)18-16-34-28-49(24-25-50(34)41)27-31-8-6-7-11-37(31)30-12-14-32(44)15-13-30;;/h3-15,17,19-21,26,33-34,45H,16,18,22-25,27-29H2,1-2H3,(H,47,52);2*1H/t33-,34?;;/m1../s1. The number of carbonyl (C=O) groups is 1. The van der Waals surface area contributed by atoms with Crippen molar-refractivity contribution in [3.63, 3.8) is 0 Å². The lowest BCUT2D eigenvalue weighted by atomic mass is 9.95. The molecular weight excluding hydrogens is 865 g/mol. The highest BCUT2D eigenvalue weighted by Crippen LogP contribution is 2.34. The summed E-state index contributed by atoms with van der Waals surface area (Å²) >= 11 is 7.78. The molecule has 0 aliphatic carbocycles. The van der Waals surface area contributed by atoms with Gasteiger partial charge in [-0.2, -0.15) is 0 Å². The molecule has 0 bridgehead atoms. The highest BCUT2D eigenvalue weighted by atomic mass is 35.5. The number of aryl methyl sites for hydroxylation is 1. The molecule has 2 aliphatic rings. The Morgan fingerprint density at radius 1 is 0.983 bits per heavy atom. The van der Waals surface area contributed by atoms with Gasteiger partial charge in [-0.25, -0.2) is 18.1 Å². The minimum atomic E-state index is -4.48. The second kappa shape index (κ2) is 20.9. The number of fused-ring (bicyclic) bond motifs is 3. The Balaban J connectivity index is 0.00000341. The molecule has 7 rings (SSSR count). The van der Waals surface area contributed by atoms with Crippen LogP contribution in [0.2, 0.25) is 5.02 Å². The third kappa shape index (κ3) is 11.5. The molecule has 5 aromatic rings. The third-order valence-corrected chi connectivity index (χ3v) is 13.3. The summed E-state index contributed by atoms with van der Waals surface area (Å²) in [6, 6.07) is 33.4. The number of nitro benzene ring substituents is 1. The van der Waals surface area contributed by atoms with E-state index in [2.05, 4.69) is 49.1 Å². The molecule has 60 heavy (non-hydrogen) atoms. The number of aromatic nitrogens is 1. The van der Waals surface area contributed by atoms with Crippen molar-refractivity contribution in [2.75, 3.05) is 56.2 Å². The van der Waals surface area contributed by atoms with Gasteiger partial charge in [-0.15, -0.1) is 36.6 Å². The molecule has 0 radical (unpaired) electrons. The molecule has 2 N–H and O–H groups in total. The van der Waals surface area contributed by atoms with Crippen molar-refractivity contribution in [3.05, 3.63) is 141 Å². The molecule has 3 heterocycles. The topological polar surface area (TPSA) is 141 Å². The summed E-state index contributed by atoms with van der Waals surface area (Å²) in [6.07, 6.45) is 2.18. The maximum Gasteiger partial charge on any atom is 0.293 e. The molecule has 2 aliphatic heterocycles. The van der Waals surface area contributed by atoms with Crippen LogP contribution in [0.1, 0.15) is 34.6 Å². The number of thioether (sulfide) groups is 1. The molecular formula is C43H48Cl3N7O5S2. The Morgan fingerprint density at radius 2 is 1.72 bits per heavy atom. The van der Waals surface area contributed by atoms with Crippen molar-refractivity contribution in [1.29, 1.82) is 0 Å². The van der Waals surface area contributed by atoms with Gasteiger partial charge in [0.25, 0.3) is 21.6 Å². The first-order valence-corrected chi connectivity index (χ1v) is 22.1. The number of hydrogen-bond donors (Lipinski definition) is 2. The highest BCUT2D eigenvalue weighted by Gasteiger charge is 2.33. The Kier molecular flexibility index (Phi) is 16.3. The monoisotopic (exact) mass is 911 g/mol. The van der Waals surface area contributed by atoms with Crippen molar-refractivity contribution >= 4 is 81.2 Å². The Labute approximate surface area is 373 Å². The summed E-state index contributed by atoms with van der Waals surface area (Å²) in [5.74, 6) is -0.267. The third-order valence-electron chi connectivity index (χ3n) is 10.5. The maximum atomic E-state index is 13.5. The van der Waals surface area contributed by atoms with Crippen molar-refractivity contribution < 1.29 is 18.1 Å². The number of rotatable bonds is 15. The van der Waals surface area contributed by atoms with E-state index in [1.807, 2.05) is 79.7 Å². The van der Waals surface area contributed by atoms with Crippen LogP contribution >= 0.6 is 48.2 Å². The molecule has 4 aromatic carbocycles. The first-order valence-electron chi connectivity index (χ1n) is 19.2. The average Bonchev–Trinajstić information content (AvgIpc) is 3.22. The van der Waals surface area contributed by atoms with Gasteiger partial charge >= 0.3 is 0 Å². The molecule has 1 fully saturated rings. The van der Waals surface area contributed by atoms with Crippen LogP contribution in [0, 0.1) is 10.1 Å². The molecule has 0 saturated carbocycles. The molecule has 12 nitrogen and oxygen atoms in total. The van der Waals surface area contributed by atoms with Gasteiger partial charge in [-0.1, -0.05) is 66.2 Å². The van der Waals surface area contributed by atoms with Crippen molar-refractivity contribution in [3.8, 4) is 11.1 Å². The lowest BCUT2D eigenvalue weighted by molar-refractivity contribution is -0.384. The van der Waals surface area contributed by atoms with Gasteiger partial charge < -0.3 is 15.1 Å². The van der Waals surface area contributed by atoms with Crippen molar-refractivity contribution in [2.45, 2.75) is 47.7 Å². The number of anilines is 2. The number of nitrogens with zero attached hydrogens (tertiary/aromatic N) is 5. The summed E-state index contributed by atoms with van der Waals surface area (Å²) in [5.41, 5.74) is 5.02. The average molecular weight is 913 g/mol. The summed E-state index contributed by atoms with van der Waals surface area (Å²) in [7, 11) is -0.558. The SMILES string of the molecule is CN(C)CC[C@H](CSc1ccccc1)Nc1ccc(S(=O)(=O)NC(=O)c2ccc3c(n2)CCC2CN(Cc4ccccc4-c4ccc(Cl)cc4)CCN32)cc1[N+](=O)[O-].Cl.Cl. The summed E-state index contributed by atoms with van der Waals surface area (Å²) in [5, 5.41) is 16.2. The van der Waals surface area contributed by atoms with Gasteiger partial charge in [-0.05, 0) is 105 Å². The van der Waals surface area contributed by atoms with Gasteiger partial charge in [0, 0.05) is 60.0 Å². The zero-order chi connectivity index (χ0) is 40.8. The van der Waals surface area contributed by atoms with E-state index in [9.17, 15) is 23.3 Å². The highest BCUT2D eigenvalue weighted by molar-refractivity contribution is 7.99.